The quantitative estimate of drug-likeness (QED) is 0.0222. The number of unbranched alkanes of at least 4 members (excludes halogenated alkanes) is 44. The Kier molecular flexibility index (Phi) is 69.0. The third-order valence-electron chi connectivity index (χ3n) is 19.4. The Bertz CT molecular complexity index is 1930. The SMILES string of the molecule is CCCCCCCCCCCCCCCCCCCC(=O)OC[C@H](COP(=O)(O)OC[C@@H](O)COP(=O)(O)OC[C@@H](COC(=O)CCCCCCCCCC(C)C)OC(=O)CCCCCCCCCCCCC(C)CC)OC(=O)CCCCCCCCCCCCCCCCC(C)CC. The number of aliphatic hydroxyl groups excluding tert-OH is 1. The monoisotopic (exact) mass is 1450 g/mol. The van der Waals surface area contributed by atoms with Crippen LogP contribution in [0.3, 0.4) is 0 Å². The number of hydrogen-bond donors (Lipinski definition) is 3. The minimum absolute atomic E-state index is 0.105. The number of phosphoric acid groups is 2. The summed E-state index contributed by atoms with van der Waals surface area (Å²) >= 11 is 0. The normalized spacial score (nSPS) is 14.5. The zero-order valence-corrected chi connectivity index (χ0v) is 66.8. The van der Waals surface area contributed by atoms with Gasteiger partial charge in [0.25, 0.3) is 0 Å². The van der Waals surface area contributed by atoms with E-state index in [4.69, 9.17) is 37.0 Å². The zero-order valence-electron chi connectivity index (χ0n) is 65.0. The molecule has 0 bridgehead atoms. The van der Waals surface area contributed by atoms with Crippen molar-refractivity contribution in [2.24, 2.45) is 17.8 Å². The Morgan fingerprint density at radius 3 is 0.768 bits per heavy atom. The lowest BCUT2D eigenvalue weighted by molar-refractivity contribution is -0.161. The molecule has 0 radical (unpaired) electrons. The van der Waals surface area contributed by atoms with Gasteiger partial charge in [0.2, 0.25) is 0 Å². The molecule has 0 aliphatic carbocycles. The third kappa shape index (κ3) is 71.5. The molecule has 0 saturated heterocycles. The highest BCUT2D eigenvalue weighted by molar-refractivity contribution is 7.47. The van der Waals surface area contributed by atoms with Gasteiger partial charge in [-0.25, -0.2) is 9.13 Å². The second-order valence-electron chi connectivity index (χ2n) is 29.8. The molecule has 7 atom stereocenters. The van der Waals surface area contributed by atoms with Crippen LogP contribution in [-0.2, 0) is 65.4 Å². The topological polar surface area (TPSA) is 237 Å². The van der Waals surface area contributed by atoms with E-state index in [1.54, 1.807) is 0 Å². The van der Waals surface area contributed by atoms with Crippen LogP contribution in [0.25, 0.3) is 0 Å². The second kappa shape index (κ2) is 70.4. The van der Waals surface area contributed by atoms with Gasteiger partial charge in [-0.3, -0.25) is 37.3 Å². The molecular weight excluding hydrogens is 1290 g/mol. The zero-order chi connectivity index (χ0) is 73.0. The summed E-state index contributed by atoms with van der Waals surface area (Å²) in [6, 6.07) is 0. The molecule has 0 aliphatic rings. The van der Waals surface area contributed by atoms with Crippen LogP contribution in [0.2, 0.25) is 0 Å². The van der Waals surface area contributed by atoms with Crippen LogP contribution in [0.15, 0.2) is 0 Å². The van der Waals surface area contributed by atoms with Crippen LogP contribution in [0.5, 0.6) is 0 Å². The van der Waals surface area contributed by atoms with Gasteiger partial charge in [-0.1, -0.05) is 363 Å². The second-order valence-corrected chi connectivity index (χ2v) is 32.7. The predicted molar refractivity (Wildman–Crippen MR) is 405 cm³/mol. The van der Waals surface area contributed by atoms with E-state index in [1.165, 1.54) is 218 Å². The summed E-state index contributed by atoms with van der Waals surface area (Å²) in [6.07, 6.45) is 58.2. The van der Waals surface area contributed by atoms with E-state index >= 15 is 0 Å². The molecule has 0 aromatic heterocycles. The molecule has 99 heavy (non-hydrogen) atoms. The molecule has 0 saturated carbocycles. The Morgan fingerprint density at radius 1 is 0.293 bits per heavy atom. The van der Waals surface area contributed by atoms with Crippen LogP contribution in [0, 0.1) is 17.8 Å². The Hall–Kier alpha value is -1.94. The predicted octanol–water partition coefficient (Wildman–Crippen LogP) is 23.7. The van der Waals surface area contributed by atoms with Gasteiger partial charge in [-0.05, 0) is 43.4 Å². The van der Waals surface area contributed by atoms with Crippen molar-refractivity contribution >= 4 is 39.5 Å². The molecule has 0 fully saturated rings. The van der Waals surface area contributed by atoms with E-state index in [0.29, 0.717) is 31.6 Å². The van der Waals surface area contributed by atoms with Gasteiger partial charge in [0.15, 0.2) is 12.2 Å². The summed E-state index contributed by atoms with van der Waals surface area (Å²) in [7, 11) is -9.92. The number of phosphoric ester groups is 2. The molecule has 3 N–H and O–H groups in total. The first-order chi connectivity index (χ1) is 47.8. The Balaban J connectivity index is 5.25. The number of esters is 4. The first-order valence-electron chi connectivity index (χ1n) is 41.4. The molecule has 0 aliphatic heterocycles. The number of ether oxygens (including phenoxy) is 4. The van der Waals surface area contributed by atoms with Crippen LogP contribution in [0.4, 0.5) is 0 Å². The van der Waals surface area contributed by atoms with Crippen LogP contribution >= 0.6 is 15.6 Å². The number of hydrogen-bond acceptors (Lipinski definition) is 15. The van der Waals surface area contributed by atoms with Gasteiger partial charge in [0, 0.05) is 25.7 Å². The van der Waals surface area contributed by atoms with Crippen LogP contribution in [0.1, 0.15) is 414 Å². The van der Waals surface area contributed by atoms with E-state index in [0.717, 1.165) is 108 Å². The maximum atomic E-state index is 13.1. The fraction of sp³-hybridized carbons (Fsp3) is 0.950. The molecule has 0 aromatic rings. The third-order valence-corrected chi connectivity index (χ3v) is 21.3. The average Bonchev–Trinajstić information content (AvgIpc) is 2.13. The van der Waals surface area contributed by atoms with Gasteiger partial charge in [0.05, 0.1) is 26.4 Å². The molecule has 0 heterocycles. The Morgan fingerprint density at radius 2 is 0.515 bits per heavy atom. The molecule has 0 rings (SSSR count). The summed E-state index contributed by atoms with van der Waals surface area (Å²) in [5.74, 6) is 0.241. The smallest absolute Gasteiger partial charge is 0.462 e. The van der Waals surface area contributed by atoms with Crippen LogP contribution in [-0.4, -0.2) is 96.7 Å². The van der Waals surface area contributed by atoms with Gasteiger partial charge >= 0.3 is 39.5 Å². The standard InChI is InChI=1S/C80H156O17P2/c1-8-11-12-13-14-15-16-17-18-19-20-24-27-33-40-47-54-61-77(82)90-67-75(96-79(84)63-56-49-41-34-28-25-22-21-23-26-31-38-45-52-59-72(6)9-2)69-94-98(86,87)92-65-74(81)66-93-99(88,89)95-70-76(68-91-78(83)62-55-48-43-36-37-44-51-58-71(4)5)97-80(85)64-57-50-42-35-30-29-32-39-46-53-60-73(7)10-3/h71-76,81H,8-70H2,1-7H3,(H,86,87)(H,88,89)/t72?,73?,74-,75-,76-/m1/s1. The lowest BCUT2D eigenvalue weighted by Crippen LogP contribution is -2.30. The van der Waals surface area contributed by atoms with Crippen molar-refractivity contribution in [3.8, 4) is 0 Å². The molecule has 588 valence electrons. The van der Waals surface area contributed by atoms with E-state index in [9.17, 15) is 43.2 Å². The lowest BCUT2D eigenvalue weighted by Gasteiger charge is -2.21. The minimum Gasteiger partial charge on any atom is -0.462 e. The molecule has 17 nitrogen and oxygen atoms in total. The highest BCUT2D eigenvalue weighted by atomic mass is 31.2. The minimum atomic E-state index is -4.96. The molecule has 0 amide bonds. The summed E-state index contributed by atoms with van der Waals surface area (Å²) in [6.45, 7) is 12.0. The lowest BCUT2D eigenvalue weighted by atomic mass is 9.99. The van der Waals surface area contributed by atoms with Gasteiger partial charge < -0.3 is 33.8 Å². The van der Waals surface area contributed by atoms with E-state index < -0.39 is 97.5 Å². The fourth-order valence-corrected chi connectivity index (χ4v) is 13.8. The summed E-state index contributed by atoms with van der Waals surface area (Å²) in [5.41, 5.74) is 0. The van der Waals surface area contributed by atoms with Gasteiger partial charge in [-0.15, -0.1) is 0 Å². The van der Waals surface area contributed by atoms with Gasteiger partial charge in [0.1, 0.15) is 19.3 Å². The maximum absolute atomic E-state index is 13.1. The van der Waals surface area contributed by atoms with Crippen molar-refractivity contribution in [3.05, 3.63) is 0 Å². The molecule has 0 aromatic carbocycles. The number of rotatable bonds is 78. The molecule has 0 spiro atoms. The van der Waals surface area contributed by atoms with Crippen molar-refractivity contribution in [2.75, 3.05) is 39.6 Å². The van der Waals surface area contributed by atoms with E-state index in [-0.39, 0.29) is 25.7 Å². The largest absolute Gasteiger partial charge is 0.472 e. The maximum Gasteiger partial charge on any atom is 0.472 e. The average molecular weight is 1450 g/mol. The van der Waals surface area contributed by atoms with E-state index in [1.807, 2.05) is 0 Å². The molecule has 19 heteroatoms. The summed E-state index contributed by atoms with van der Waals surface area (Å²) in [4.78, 5) is 73.0. The summed E-state index contributed by atoms with van der Waals surface area (Å²) in [5, 5.41) is 10.6. The first-order valence-corrected chi connectivity index (χ1v) is 44.4. The number of carbonyl (C=O) groups excluding carboxylic acids is 4. The van der Waals surface area contributed by atoms with Crippen molar-refractivity contribution in [3.63, 3.8) is 0 Å². The van der Waals surface area contributed by atoms with Gasteiger partial charge in [-0.2, -0.15) is 0 Å². The van der Waals surface area contributed by atoms with Crippen molar-refractivity contribution in [1.82, 2.24) is 0 Å². The fourth-order valence-electron chi connectivity index (χ4n) is 12.2. The summed E-state index contributed by atoms with van der Waals surface area (Å²) < 4.78 is 68.7. The highest BCUT2D eigenvalue weighted by Gasteiger charge is 2.30. The van der Waals surface area contributed by atoms with Crippen molar-refractivity contribution in [1.29, 1.82) is 0 Å². The van der Waals surface area contributed by atoms with Crippen LogP contribution < -0.4 is 0 Å². The molecular formula is C80H156O17P2. The Labute approximate surface area is 607 Å². The van der Waals surface area contributed by atoms with Crippen molar-refractivity contribution in [2.45, 2.75) is 433 Å². The number of carbonyl (C=O) groups is 4. The van der Waals surface area contributed by atoms with Crippen molar-refractivity contribution < 1.29 is 80.2 Å². The highest BCUT2D eigenvalue weighted by Crippen LogP contribution is 2.45. The first kappa shape index (κ1) is 97.1. The van der Waals surface area contributed by atoms with E-state index in [2.05, 4.69) is 48.5 Å². The molecule has 4 unspecified atom stereocenters. The number of aliphatic hydroxyl groups is 1.